The number of nitrogens with one attached hydrogen (secondary N) is 2. The van der Waals surface area contributed by atoms with Crippen LogP contribution in [0.25, 0.3) is 0 Å². The Kier molecular flexibility index (Phi) is 8.85. The standard InChI is InChI=1S/C17H23N5O14/c18-5(7(24)4(23)2-35-16(19)33)12(28)20-6(15(31)32)10-8(25)9(26)13(36-10)22-1-3(14(29)30)11(27)21-17(22)34/h1,4-10,13,23-26H,2,18H2,(H2,19,33)(H,20,28)(H,29,30)(H,31,32)(H,21,27,34)/t4-,5-,6-,7+,8-,9+,10+,13+/m0/s1. The van der Waals surface area contributed by atoms with Gasteiger partial charge in [-0.15, -0.1) is 0 Å². The molecule has 1 aliphatic heterocycles. The van der Waals surface area contributed by atoms with Gasteiger partial charge in [-0.05, 0) is 0 Å². The lowest BCUT2D eigenvalue weighted by atomic mass is 10.0. The van der Waals surface area contributed by atoms with E-state index in [1.54, 1.807) is 4.98 Å². The number of rotatable bonds is 10. The van der Waals surface area contributed by atoms with Crippen molar-refractivity contribution in [3.05, 3.63) is 32.6 Å². The van der Waals surface area contributed by atoms with Crippen LogP contribution >= 0.6 is 0 Å². The van der Waals surface area contributed by atoms with Crippen LogP contribution in [0, 0.1) is 0 Å². The SMILES string of the molecule is NC(=O)OC[C@H](O)[C@@H](O)[C@H](N)C(=O)N[C@H](C(=O)O)[C@H]1O[C@@H](n2cc(C(=O)O)c(=O)[nH]c2=O)[C@H](O)[C@@H]1O. The molecule has 12 N–H and O–H groups in total. The summed E-state index contributed by atoms with van der Waals surface area (Å²) in [5.41, 5.74) is 6.72. The molecule has 0 aliphatic carbocycles. The van der Waals surface area contributed by atoms with Crippen molar-refractivity contribution in [3.63, 3.8) is 0 Å². The molecule has 1 aliphatic rings. The fraction of sp³-hybridized carbons (Fsp3) is 0.529. The molecule has 0 unspecified atom stereocenters. The molecule has 2 rings (SSSR count). The van der Waals surface area contributed by atoms with Crippen LogP contribution in [0.5, 0.6) is 0 Å². The van der Waals surface area contributed by atoms with Gasteiger partial charge in [-0.25, -0.2) is 19.2 Å². The minimum atomic E-state index is -2.16. The monoisotopic (exact) mass is 521 g/mol. The minimum absolute atomic E-state index is 0.393. The lowest BCUT2D eigenvalue weighted by Gasteiger charge is -2.27. The van der Waals surface area contributed by atoms with Gasteiger partial charge in [-0.3, -0.25) is 19.1 Å². The normalized spacial score (nSPS) is 24.8. The summed E-state index contributed by atoms with van der Waals surface area (Å²) in [6, 6.07) is -4.17. The van der Waals surface area contributed by atoms with Gasteiger partial charge in [0.05, 0.1) is 0 Å². The number of aromatic nitrogens is 2. The largest absolute Gasteiger partial charge is 0.480 e. The zero-order chi connectivity index (χ0) is 27.5. The Morgan fingerprint density at radius 3 is 2.31 bits per heavy atom. The lowest BCUT2D eigenvalue weighted by molar-refractivity contribution is -0.150. The van der Waals surface area contributed by atoms with E-state index in [-0.39, 0.29) is 0 Å². The number of aromatic amines is 1. The average molecular weight is 521 g/mol. The van der Waals surface area contributed by atoms with Gasteiger partial charge in [0, 0.05) is 6.20 Å². The molecule has 2 amide bonds. The molecule has 2 heterocycles. The van der Waals surface area contributed by atoms with E-state index in [0.717, 1.165) is 0 Å². The van der Waals surface area contributed by atoms with Crippen molar-refractivity contribution < 1.29 is 59.3 Å². The predicted molar refractivity (Wildman–Crippen MR) is 109 cm³/mol. The second-order valence-electron chi connectivity index (χ2n) is 7.53. The van der Waals surface area contributed by atoms with E-state index < -0.39 is 96.2 Å². The molecule has 0 bridgehead atoms. The number of carboxylic acid groups (broad SMARTS) is 2. The molecule has 0 aromatic carbocycles. The van der Waals surface area contributed by atoms with E-state index >= 15 is 0 Å². The summed E-state index contributed by atoms with van der Waals surface area (Å²) in [6.45, 7) is -0.857. The van der Waals surface area contributed by atoms with Gasteiger partial charge >= 0.3 is 23.7 Å². The number of H-pyrrole nitrogens is 1. The number of nitrogens with two attached hydrogens (primary N) is 2. The molecule has 19 nitrogen and oxygen atoms in total. The summed E-state index contributed by atoms with van der Waals surface area (Å²) in [4.78, 5) is 71.3. The fourth-order valence-corrected chi connectivity index (χ4v) is 3.21. The molecular weight excluding hydrogens is 498 g/mol. The summed E-state index contributed by atoms with van der Waals surface area (Å²) in [6.07, 6.45) is -12.8. The number of carbonyl (C=O) groups excluding carboxylic acids is 2. The van der Waals surface area contributed by atoms with Crippen LogP contribution in [0.2, 0.25) is 0 Å². The molecule has 200 valence electrons. The highest BCUT2D eigenvalue weighted by molar-refractivity contribution is 5.88. The third kappa shape index (κ3) is 6.02. The van der Waals surface area contributed by atoms with E-state index in [1.807, 2.05) is 5.32 Å². The highest BCUT2D eigenvalue weighted by Crippen LogP contribution is 2.30. The summed E-state index contributed by atoms with van der Waals surface area (Å²) in [5.74, 6) is -4.98. The zero-order valence-corrected chi connectivity index (χ0v) is 18.0. The summed E-state index contributed by atoms with van der Waals surface area (Å²) >= 11 is 0. The third-order valence-corrected chi connectivity index (χ3v) is 5.10. The Hall–Kier alpha value is -3.88. The van der Waals surface area contributed by atoms with Crippen LogP contribution in [0.1, 0.15) is 16.6 Å². The van der Waals surface area contributed by atoms with Crippen LogP contribution in [0.15, 0.2) is 15.8 Å². The molecule has 0 spiro atoms. The first-order valence-electron chi connectivity index (χ1n) is 9.84. The summed E-state index contributed by atoms with van der Waals surface area (Å²) in [5, 5.41) is 60.7. The first-order valence-corrected chi connectivity index (χ1v) is 9.84. The molecule has 1 aromatic heterocycles. The molecule has 1 aromatic rings. The van der Waals surface area contributed by atoms with Gasteiger partial charge < -0.3 is 56.9 Å². The highest BCUT2D eigenvalue weighted by atomic mass is 16.6. The van der Waals surface area contributed by atoms with Gasteiger partial charge in [0.15, 0.2) is 12.3 Å². The Morgan fingerprint density at radius 2 is 1.78 bits per heavy atom. The zero-order valence-electron chi connectivity index (χ0n) is 18.0. The molecule has 8 atom stereocenters. The number of hydrogen-bond donors (Lipinski definition) is 10. The number of carboxylic acids is 2. The lowest BCUT2D eigenvalue weighted by Crippen LogP contribution is -2.60. The maximum absolute atomic E-state index is 12.4. The van der Waals surface area contributed by atoms with E-state index in [9.17, 15) is 54.3 Å². The third-order valence-electron chi connectivity index (χ3n) is 5.10. The average Bonchev–Trinajstić information content (AvgIpc) is 3.08. The van der Waals surface area contributed by atoms with Crippen molar-refractivity contribution >= 4 is 23.9 Å². The molecule has 0 radical (unpaired) electrons. The van der Waals surface area contributed by atoms with Crippen LogP contribution in [0.4, 0.5) is 4.79 Å². The molecule has 36 heavy (non-hydrogen) atoms. The molecule has 0 saturated carbocycles. The first kappa shape index (κ1) is 28.4. The molecule has 19 heteroatoms. The highest BCUT2D eigenvalue weighted by Gasteiger charge is 2.50. The number of aromatic carboxylic acids is 1. The van der Waals surface area contributed by atoms with Crippen LogP contribution in [0.3, 0.4) is 0 Å². The van der Waals surface area contributed by atoms with Gasteiger partial charge in [0.2, 0.25) is 5.91 Å². The number of primary amides is 1. The Labute approximate surface area is 198 Å². The van der Waals surface area contributed by atoms with Crippen molar-refractivity contribution in [1.82, 2.24) is 14.9 Å². The maximum atomic E-state index is 12.4. The first-order chi connectivity index (χ1) is 16.7. The smallest absolute Gasteiger partial charge is 0.404 e. The van der Waals surface area contributed by atoms with Crippen molar-refractivity contribution in [1.29, 1.82) is 0 Å². The van der Waals surface area contributed by atoms with E-state index in [2.05, 4.69) is 4.74 Å². The molecular formula is C17H23N5O14. The van der Waals surface area contributed by atoms with Gasteiger partial charge in [-0.1, -0.05) is 0 Å². The van der Waals surface area contributed by atoms with Crippen molar-refractivity contribution in [3.8, 4) is 0 Å². The fourth-order valence-electron chi connectivity index (χ4n) is 3.21. The van der Waals surface area contributed by atoms with Crippen LogP contribution in [-0.2, 0) is 19.1 Å². The van der Waals surface area contributed by atoms with Crippen LogP contribution < -0.4 is 28.0 Å². The topological polar surface area (TPSA) is 327 Å². The predicted octanol–water partition coefficient (Wildman–Crippen LogP) is -6.43. The summed E-state index contributed by atoms with van der Waals surface area (Å²) < 4.78 is 9.88. The van der Waals surface area contributed by atoms with Crippen molar-refractivity contribution in [2.24, 2.45) is 11.5 Å². The quantitative estimate of drug-likeness (QED) is 0.137. The Balaban J connectivity index is 2.25. The van der Waals surface area contributed by atoms with Gasteiger partial charge in [0.25, 0.3) is 5.56 Å². The maximum Gasteiger partial charge on any atom is 0.404 e. The minimum Gasteiger partial charge on any atom is -0.480 e. The Morgan fingerprint density at radius 1 is 1.17 bits per heavy atom. The number of amides is 2. The number of carbonyl (C=O) groups is 4. The van der Waals surface area contributed by atoms with Gasteiger partial charge in [-0.2, -0.15) is 0 Å². The number of nitrogens with zero attached hydrogens (tertiary/aromatic N) is 1. The molecule has 1 fully saturated rings. The van der Waals surface area contributed by atoms with E-state index in [0.29, 0.717) is 10.8 Å². The number of aliphatic hydroxyl groups is 4. The molecule has 1 saturated heterocycles. The van der Waals surface area contributed by atoms with Gasteiger partial charge in [0.1, 0.15) is 48.7 Å². The second kappa shape index (κ2) is 11.2. The number of hydrogen-bond acceptors (Lipinski definition) is 13. The number of ether oxygens (including phenoxy) is 2. The van der Waals surface area contributed by atoms with Crippen molar-refractivity contribution in [2.45, 2.75) is 48.8 Å². The van der Waals surface area contributed by atoms with E-state index in [1.165, 1.54) is 0 Å². The second-order valence-corrected chi connectivity index (χ2v) is 7.53. The van der Waals surface area contributed by atoms with Crippen LogP contribution in [-0.4, -0.2) is 113 Å². The summed E-state index contributed by atoms with van der Waals surface area (Å²) in [7, 11) is 0. The van der Waals surface area contributed by atoms with Crippen molar-refractivity contribution in [2.75, 3.05) is 6.61 Å². The number of aliphatic hydroxyl groups excluding tert-OH is 4. The number of aliphatic carboxylic acids is 1. The van der Waals surface area contributed by atoms with E-state index in [4.69, 9.17) is 21.3 Å². The Bertz CT molecular complexity index is 1130.